The fourth-order valence-corrected chi connectivity index (χ4v) is 3.05. The van der Waals surface area contributed by atoms with E-state index in [1.807, 2.05) is 6.92 Å². The number of aromatic nitrogens is 2. The van der Waals surface area contributed by atoms with Crippen molar-refractivity contribution in [2.24, 2.45) is 0 Å². The summed E-state index contributed by atoms with van der Waals surface area (Å²) in [6, 6.07) is 11.4. The second-order valence-electron chi connectivity index (χ2n) is 6.83. The molecule has 0 radical (unpaired) electrons. The van der Waals surface area contributed by atoms with Crippen LogP contribution < -0.4 is 4.74 Å². The maximum absolute atomic E-state index is 12.7. The van der Waals surface area contributed by atoms with Crippen LogP contribution in [0.3, 0.4) is 0 Å². The van der Waals surface area contributed by atoms with Gasteiger partial charge in [-0.05, 0) is 49.7 Å². The summed E-state index contributed by atoms with van der Waals surface area (Å²) in [7, 11) is 0. The maximum Gasteiger partial charge on any atom is 0.272 e. The molecule has 0 N–H and O–H groups in total. The first-order valence-electron chi connectivity index (χ1n) is 9.61. The quantitative estimate of drug-likeness (QED) is 0.354. The van der Waals surface area contributed by atoms with Gasteiger partial charge in [-0.3, -0.25) is 14.9 Å². The van der Waals surface area contributed by atoms with Crippen LogP contribution in [0.25, 0.3) is 11.4 Å². The van der Waals surface area contributed by atoms with Gasteiger partial charge >= 0.3 is 0 Å². The van der Waals surface area contributed by atoms with Crippen LogP contribution in [0.15, 0.2) is 47.0 Å². The Balaban J connectivity index is 1.63. The molecule has 0 aliphatic rings. The Morgan fingerprint density at radius 3 is 2.65 bits per heavy atom. The lowest BCUT2D eigenvalue weighted by Gasteiger charge is -2.20. The molecule has 0 spiro atoms. The Kier molecular flexibility index (Phi) is 7.19. The number of amides is 1. The van der Waals surface area contributed by atoms with E-state index in [9.17, 15) is 14.9 Å². The van der Waals surface area contributed by atoms with Crippen molar-refractivity contribution in [3.63, 3.8) is 0 Å². The smallest absolute Gasteiger partial charge is 0.272 e. The summed E-state index contributed by atoms with van der Waals surface area (Å²) in [6.07, 6.45) is 0.737. The molecule has 1 aromatic heterocycles. The summed E-state index contributed by atoms with van der Waals surface area (Å²) in [5, 5.41) is 15.5. The van der Waals surface area contributed by atoms with Crippen LogP contribution >= 0.6 is 11.6 Å². The van der Waals surface area contributed by atoms with Crippen molar-refractivity contribution in [3.05, 3.63) is 69.1 Å². The number of nitrogens with zero attached hydrogens (tertiary/aromatic N) is 4. The Bertz CT molecular complexity index is 1070. The Labute approximate surface area is 183 Å². The average molecular weight is 445 g/mol. The monoisotopic (exact) mass is 444 g/mol. The van der Waals surface area contributed by atoms with Gasteiger partial charge in [0, 0.05) is 28.8 Å². The highest BCUT2D eigenvalue weighted by Crippen LogP contribution is 2.23. The summed E-state index contributed by atoms with van der Waals surface area (Å²) in [5.41, 5.74) is 1.21. The van der Waals surface area contributed by atoms with Crippen LogP contribution in [-0.2, 0) is 11.3 Å². The molecule has 2 aromatic carbocycles. The molecule has 162 valence electrons. The molecule has 1 amide bonds. The van der Waals surface area contributed by atoms with Crippen molar-refractivity contribution < 1.29 is 19.0 Å². The average Bonchev–Trinajstić information content (AvgIpc) is 3.20. The normalized spacial score (nSPS) is 10.7. The largest absolute Gasteiger partial charge is 0.484 e. The number of carbonyl (C=O) groups is 1. The third-order valence-corrected chi connectivity index (χ3v) is 4.72. The van der Waals surface area contributed by atoms with E-state index in [0.29, 0.717) is 34.6 Å². The van der Waals surface area contributed by atoms with Crippen LogP contribution in [0.5, 0.6) is 5.75 Å². The van der Waals surface area contributed by atoms with Gasteiger partial charge in [-0.25, -0.2) is 0 Å². The van der Waals surface area contributed by atoms with Crippen molar-refractivity contribution >= 4 is 23.2 Å². The van der Waals surface area contributed by atoms with E-state index >= 15 is 0 Å². The number of ether oxygens (including phenoxy) is 1. The first kappa shape index (κ1) is 22.2. The molecular weight excluding hydrogens is 424 g/mol. The fourth-order valence-electron chi connectivity index (χ4n) is 2.92. The molecular formula is C21H21ClN4O5. The predicted octanol–water partition coefficient (Wildman–Crippen LogP) is 4.42. The van der Waals surface area contributed by atoms with Gasteiger partial charge in [0.25, 0.3) is 11.6 Å². The summed E-state index contributed by atoms with van der Waals surface area (Å²) < 4.78 is 10.8. The molecule has 0 fully saturated rings. The van der Waals surface area contributed by atoms with E-state index in [1.54, 1.807) is 36.1 Å². The molecule has 1 heterocycles. The third-order valence-electron chi connectivity index (χ3n) is 4.47. The van der Waals surface area contributed by atoms with Gasteiger partial charge < -0.3 is 14.2 Å². The second kappa shape index (κ2) is 10.0. The highest BCUT2D eigenvalue weighted by Gasteiger charge is 2.19. The highest BCUT2D eigenvalue weighted by molar-refractivity contribution is 6.30. The zero-order valence-corrected chi connectivity index (χ0v) is 17.8. The van der Waals surface area contributed by atoms with Gasteiger partial charge in [0.1, 0.15) is 12.3 Å². The van der Waals surface area contributed by atoms with E-state index in [0.717, 1.165) is 12.0 Å². The Morgan fingerprint density at radius 2 is 2.00 bits per heavy atom. The van der Waals surface area contributed by atoms with Gasteiger partial charge in [-0.1, -0.05) is 23.7 Å². The third kappa shape index (κ3) is 5.79. The summed E-state index contributed by atoms with van der Waals surface area (Å²) in [5.74, 6) is 0.839. The number of carbonyl (C=O) groups excluding carboxylic acids is 1. The van der Waals surface area contributed by atoms with Crippen molar-refractivity contribution in [1.82, 2.24) is 15.0 Å². The van der Waals surface area contributed by atoms with Crippen molar-refractivity contribution in [2.45, 2.75) is 26.8 Å². The van der Waals surface area contributed by atoms with Crippen molar-refractivity contribution in [1.29, 1.82) is 0 Å². The van der Waals surface area contributed by atoms with Gasteiger partial charge in [0.2, 0.25) is 11.7 Å². The summed E-state index contributed by atoms with van der Waals surface area (Å²) in [4.78, 5) is 29.0. The molecule has 0 saturated carbocycles. The lowest BCUT2D eigenvalue weighted by Crippen LogP contribution is -2.35. The zero-order chi connectivity index (χ0) is 22.4. The molecule has 0 unspecified atom stereocenters. The van der Waals surface area contributed by atoms with Crippen LogP contribution in [0.1, 0.15) is 24.8 Å². The van der Waals surface area contributed by atoms with Crippen molar-refractivity contribution in [3.8, 4) is 17.1 Å². The summed E-state index contributed by atoms with van der Waals surface area (Å²) >= 11 is 5.90. The topological polar surface area (TPSA) is 112 Å². The first-order valence-corrected chi connectivity index (χ1v) is 9.99. The minimum absolute atomic E-state index is 0.000767. The van der Waals surface area contributed by atoms with Crippen LogP contribution in [0.2, 0.25) is 5.02 Å². The zero-order valence-electron chi connectivity index (χ0n) is 17.1. The molecule has 0 saturated heterocycles. The molecule has 0 atom stereocenters. The number of hydrogen-bond donors (Lipinski definition) is 0. The Hall–Kier alpha value is -3.46. The molecule has 10 heteroatoms. The molecule has 3 rings (SSSR count). The Morgan fingerprint density at radius 1 is 1.26 bits per heavy atom. The number of aryl methyl sites for hydroxylation is 1. The molecule has 0 aliphatic heterocycles. The minimum atomic E-state index is -0.462. The van der Waals surface area contributed by atoms with E-state index in [4.69, 9.17) is 20.9 Å². The molecule has 3 aromatic rings. The number of hydrogen-bond acceptors (Lipinski definition) is 7. The van der Waals surface area contributed by atoms with E-state index in [-0.39, 0.29) is 24.7 Å². The standard InChI is InChI=1S/C21H21ClN4O5/c1-3-10-25(12-19-23-21(24-31-19)15-4-6-16(22)7-5-15)20(27)13-30-17-8-9-18(26(28)29)14(2)11-17/h4-9,11H,3,10,12-13H2,1-2H3. The van der Waals surface area contributed by atoms with Crippen LogP contribution in [0, 0.1) is 17.0 Å². The number of nitro groups is 1. The SMILES string of the molecule is CCCN(Cc1nc(-c2ccc(Cl)cc2)no1)C(=O)COc1ccc([N+](=O)[O-])c(C)c1. The van der Waals surface area contributed by atoms with E-state index in [2.05, 4.69) is 10.1 Å². The van der Waals surface area contributed by atoms with Gasteiger partial charge in [0.15, 0.2) is 6.61 Å². The number of rotatable bonds is 9. The molecule has 9 nitrogen and oxygen atoms in total. The van der Waals surface area contributed by atoms with E-state index < -0.39 is 4.92 Å². The van der Waals surface area contributed by atoms with Gasteiger partial charge in [0.05, 0.1) is 4.92 Å². The minimum Gasteiger partial charge on any atom is -0.484 e. The van der Waals surface area contributed by atoms with Gasteiger partial charge in [-0.15, -0.1) is 0 Å². The lowest BCUT2D eigenvalue weighted by molar-refractivity contribution is -0.385. The number of benzene rings is 2. The van der Waals surface area contributed by atoms with Crippen LogP contribution in [-0.4, -0.2) is 39.0 Å². The molecule has 0 aliphatic carbocycles. The second-order valence-corrected chi connectivity index (χ2v) is 7.26. The molecule has 0 bridgehead atoms. The fraction of sp³-hybridized carbons (Fsp3) is 0.286. The molecule has 31 heavy (non-hydrogen) atoms. The number of halogens is 1. The van der Waals surface area contributed by atoms with Crippen LogP contribution in [0.4, 0.5) is 5.69 Å². The number of nitro benzene ring substituents is 1. The maximum atomic E-state index is 12.7. The first-order chi connectivity index (χ1) is 14.9. The predicted molar refractivity (Wildman–Crippen MR) is 114 cm³/mol. The van der Waals surface area contributed by atoms with E-state index in [1.165, 1.54) is 18.2 Å². The highest BCUT2D eigenvalue weighted by atomic mass is 35.5. The lowest BCUT2D eigenvalue weighted by atomic mass is 10.2. The summed E-state index contributed by atoms with van der Waals surface area (Å²) in [6.45, 7) is 3.99. The van der Waals surface area contributed by atoms with Gasteiger partial charge in [-0.2, -0.15) is 4.98 Å². The van der Waals surface area contributed by atoms with Crippen molar-refractivity contribution in [2.75, 3.05) is 13.2 Å².